The molecule has 17 heavy (non-hydrogen) atoms. The summed E-state index contributed by atoms with van der Waals surface area (Å²) in [5.41, 5.74) is -0.0862. The van der Waals surface area contributed by atoms with Gasteiger partial charge in [0.05, 0.1) is 0 Å². The summed E-state index contributed by atoms with van der Waals surface area (Å²) in [5.74, 6) is 0.994. The Labute approximate surface area is 110 Å². The number of amides is 1. The average Bonchev–Trinajstić information content (AvgIpc) is 2.27. The topological polar surface area (TPSA) is 20.3 Å². The quantitative estimate of drug-likeness (QED) is 0.710. The molecule has 0 aliphatic heterocycles. The van der Waals surface area contributed by atoms with Gasteiger partial charge in [-0.2, -0.15) is 0 Å². The molecule has 0 atom stereocenters. The van der Waals surface area contributed by atoms with Gasteiger partial charge >= 0.3 is 0 Å². The van der Waals surface area contributed by atoms with Crippen molar-refractivity contribution in [3.8, 4) is 0 Å². The molecular formula is C14H24ClNO. The van der Waals surface area contributed by atoms with Crippen molar-refractivity contribution in [3.05, 3.63) is 0 Å². The van der Waals surface area contributed by atoms with Gasteiger partial charge in [-0.25, -0.2) is 0 Å². The zero-order chi connectivity index (χ0) is 12.5. The van der Waals surface area contributed by atoms with Gasteiger partial charge in [-0.3, -0.25) is 4.79 Å². The number of carbonyl (C=O) groups excluding carboxylic acids is 1. The number of halogens is 1. The van der Waals surface area contributed by atoms with Crippen LogP contribution in [-0.4, -0.2) is 29.8 Å². The lowest BCUT2D eigenvalue weighted by Crippen LogP contribution is -2.45. The molecule has 98 valence electrons. The van der Waals surface area contributed by atoms with Gasteiger partial charge in [0.15, 0.2) is 0 Å². The Kier molecular flexibility index (Phi) is 4.02. The van der Waals surface area contributed by atoms with Crippen molar-refractivity contribution in [1.29, 1.82) is 0 Å². The van der Waals surface area contributed by atoms with E-state index in [1.54, 1.807) is 0 Å². The van der Waals surface area contributed by atoms with Crippen LogP contribution in [-0.2, 0) is 4.79 Å². The predicted octanol–water partition coefficient (Wildman–Crippen LogP) is 3.43. The Morgan fingerprint density at radius 1 is 1.29 bits per heavy atom. The molecule has 0 aromatic carbocycles. The maximum Gasteiger partial charge on any atom is 0.228 e. The molecule has 2 rings (SSSR count). The molecule has 0 unspecified atom stereocenters. The minimum atomic E-state index is -0.0862. The smallest absolute Gasteiger partial charge is 0.228 e. The summed E-state index contributed by atoms with van der Waals surface area (Å²) in [6, 6.07) is 0. The van der Waals surface area contributed by atoms with Crippen LogP contribution >= 0.6 is 11.6 Å². The molecule has 1 amide bonds. The van der Waals surface area contributed by atoms with Crippen molar-refractivity contribution in [1.82, 2.24) is 4.90 Å². The Morgan fingerprint density at radius 3 is 2.41 bits per heavy atom. The maximum absolute atomic E-state index is 12.5. The first kappa shape index (κ1) is 13.2. The Hall–Kier alpha value is -0.240. The molecule has 0 heterocycles. The molecule has 0 N–H and O–H groups in total. The first-order valence-corrected chi connectivity index (χ1v) is 7.34. The summed E-state index contributed by atoms with van der Waals surface area (Å²) < 4.78 is 0. The molecule has 0 aromatic heterocycles. The van der Waals surface area contributed by atoms with E-state index in [9.17, 15) is 4.79 Å². The monoisotopic (exact) mass is 257 g/mol. The fraction of sp³-hybridized carbons (Fsp3) is 0.929. The van der Waals surface area contributed by atoms with Gasteiger partial charge in [-0.1, -0.05) is 26.2 Å². The van der Waals surface area contributed by atoms with Gasteiger partial charge in [0.1, 0.15) is 0 Å². The minimum absolute atomic E-state index is 0.0862. The highest BCUT2D eigenvalue weighted by molar-refractivity contribution is 6.21. The first-order chi connectivity index (χ1) is 8.01. The van der Waals surface area contributed by atoms with Gasteiger partial charge in [0, 0.05) is 24.4 Å². The van der Waals surface area contributed by atoms with E-state index in [1.165, 1.54) is 19.3 Å². The highest BCUT2D eigenvalue weighted by Gasteiger charge is 2.38. The van der Waals surface area contributed by atoms with Crippen LogP contribution in [0.5, 0.6) is 0 Å². The summed E-state index contributed by atoms with van der Waals surface area (Å²) in [5, 5.41) is 0.355. The van der Waals surface area contributed by atoms with Crippen molar-refractivity contribution >= 4 is 17.5 Å². The highest BCUT2D eigenvalue weighted by Crippen LogP contribution is 2.38. The predicted molar refractivity (Wildman–Crippen MR) is 71.2 cm³/mol. The second kappa shape index (κ2) is 5.17. The van der Waals surface area contributed by atoms with Gasteiger partial charge < -0.3 is 4.90 Å². The molecule has 2 saturated carbocycles. The Bertz CT molecular complexity index is 280. The van der Waals surface area contributed by atoms with Crippen LogP contribution in [0.4, 0.5) is 0 Å². The van der Waals surface area contributed by atoms with Crippen LogP contribution in [0, 0.1) is 11.3 Å². The standard InChI is InChI=1S/C14H24ClNO/c1-14(6-4-3-5-7-14)13(17)16(2)10-11-8-12(15)9-11/h11-12H,3-10H2,1-2H3. The van der Waals surface area contributed by atoms with E-state index in [0.29, 0.717) is 17.2 Å². The van der Waals surface area contributed by atoms with E-state index in [1.807, 2.05) is 11.9 Å². The number of hydrogen-bond donors (Lipinski definition) is 0. The molecule has 3 heteroatoms. The lowest BCUT2D eigenvalue weighted by molar-refractivity contribution is -0.142. The highest BCUT2D eigenvalue weighted by atomic mass is 35.5. The van der Waals surface area contributed by atoms with Crippen LogP contribution in [0.1, 0.15) is 51.9 Å². The van der Waals surface area contributed by atoms with Crippen molar-refractivity contribution in [2.75, 3.05) is 13.6 Å². The number of nitrogens with zero attached hydrogens (tertiary/aromatic N) is 1. The Morgan fingerprint density at radius 2 is 1.88 bits per heavy atom. The number of hydrogen-bond acceptors (Lipinski definition) is 1. The molecule has 0 spiro atoms. The number of carbonyl (C=O) groups is 1. The second-order valence-corrected chi connectivity index (χ2v) is 6.86. The minimum Gasteiger partial charge on any atom is -0.345 e. The number of rotatable bonds is 3. The fourth-order valence-electron chi connectivity index (χ4n) is 3.28. The SMILES string of the molecule is CN(CC1CC(Cl)C1)C(=O)C1(C)CCCCC1. The summed E-state index contributed by atoms with van der Waals surface area (Å²) in [6.45, 7) is 3.05. The number of alkyl halides is 1. The van der Waals surface area contributed by atoms with Gasteiger partial charge in [0.25, 0.3) is 0 Å². The third kappa shape index (κ3) is 2.96. The maximum atomic E-state index is 12.5. The zero-order valence-electron chi connectivity index (χ0n) is 11.0. The fourth-order valence-corrected chi connectivity index (χ4v) is 3.78. The second-order valence-electron chi connectivity index (χ2n) is 6.24. The summed E-state index contributed by atoms with van der Waals surface area (Å²) >= 11 is 5.98. The van der Waals surface area contributed by atoms with Crippen LogP contribution in [0.2, 0.25) is 0 Å². The lowest BCUT2D eigenvalue weighted by Gasteiger charge is -2.39. The van der Waals surface area contributed by atoms with Crippen LogP contribution in [0.25, 0.3) is 0 Å². The van der Waals surface area contributed by atoms with Crippen LogP contribution in [0.15, 0.2) is 0 Å². The molecular weight excluding hydrogens is 234 g/mol. The summed E-state index contributed by atoms with van der Waals surface area (Å²) in [6.07, 6.45) is 8.01. The van der Waals surface area contributed by atoms with Crippen molar-refractivity contribution in [2.45, 2.75) is 57.2 Å². The molecule has 2 aliphatic carbocycles. The summed E-state index contributed by atoms with van der Waals surface area (Å²) in [7, 11) is 1.96. The first-order valence-electron chi connectivity index (χ1n) is 6.91. The van der Waals surface area contributed by atoms with E-state index in [4.69, 9.17) is 11.6 Å². The molecule has 0 saturated heterocycles. The van der Waals surface area contributed by atoms with E-state index < -0.39 is 0 Å². The van der Waals surface area contributed by atoms with Crippen LogP contribution < -0.4 is 0 Å². The van der Waals surface area contributed by atoms with E-state index in [0.717, 1.165) is 32.2 Å². The molecule has 0 bridgehead atoms. The molecule has 0 aromatic rings. The molecule has 2 aliphatic rings. The summed E-state index contributed by atoms with van der Waals surface area (Å²) in [4.78, 5) is 14.4. The van der Waals surface area contributed by atoms with Gasteiger partial charge in [-0.15, -0.1) is 11.6 Å². The van der Waals surface area contributed by atoms with E-state index in [-0.39, 0.29) is 5.41 Å². The third-order valence-electron chi connectivity index (χ3n) is 4.53. The zero-order valence-corrected chi connectivity index (χ0v) is 11.8. The van der Waals surface area contributed by atoms with Gasteiger partial charge in [0.2, 0.25) is 5.91 Å². The van der Waals surface area contributed by atoms with Crippen molar-refractivity contribution < 1.29 is 4.79 Å². The Balaban J connectivity index is 1.85. The largest absolute Gasteiger partial charge is 0.345 e. The van der Waals surface area contributed by atoms with Crippen molar-refractivity contribution in [2.24, 2.45) is 11.3 Å². The lowest BCUT2D eigenvalue weighted by atomic mass is 9.74. The molecule has 0 radical (unpaired) electrons. The van der Waals surface area contributed by atoms with E-state index >= 15 is 0 Å². The van der Waals surface area contributed by atoms with E-state index in [2.05, 4.69) is 6.92 Å². The molecule has 2 fully saturated rings. The average molecular weight is 258 g/mol. The van der Waals surface area contributed by atoms with Crippen molar-refractivity contribution in [3.63, 3.8) is 0 Å². The third-order valence-corrected chi connectivity index (χ3v) is 4.89. The normalized spacial score (nSPS) is 31.7. The van der Waals surface area contributed by atoms with Crippen LogP contribution in [0.3, 0.4) is 0 Å². The molecule has 2 nitrogen and oxygen atoms in total. The van der Waals surface area contributed by atoms with Gasteiger partial charge in [-0.05, 0) is 31.6 Å².